The Kier molecular flexibility index (Phi) is 35.4. The van der Waals surface area contributed by atoms with Crippen LogP contribution in [0.4, 0.5) is 0 Å². The molecule has 0 atom stereocenters. The smallest absolute Gasteiger partial charge is 0.0303 e. The van der Waals surface area contributed by atoms with E-state index in [9.17, 15) is 0 Å². The van der Waals surface area contributed by atoms with Gasteiger partial charge < -0.3 is 5.73 Å². The monoisotopic (exact) mass is 318 g/mol. The van der Waals surface area contributed by atoms with Crippen molar-refractivity contribution >= 4 is 5.87 Å². The van der Waals surface area contributed by atoms with Crippen LogP contribution in [0.15, 0.2) is 66.9 Å². The Bertz CT molecular complexity index is 440. The number of nitrogens with two attached hydrogens (primary N) is 1. The summed E-state index contributed by atoms with van der Waals surface area (Å²) < 4.78 is 0. The highest BCUT2D eigenvalue weighted by atomic mass is 14.5. The van der Waals surface area contributed by atoms with Crippen LogP contribution in [0.1, 0.15) is 48.0 Å². The topological polar surface area (TPSA) is 49.9 Å². The lowest BCUT2D eigenvalue weighted by atomic mass is 10.2. The molecule has 0 aliphatic carbocycles. The molecule has 2 heteroatoms. The third-order valence-electron chi connectivity index (χ3n) is 2.02. The average Bonchev–Trinajstić information content (AvgIpc) is 2.54. The van der Waals surface area contributed by atoms with Gasteiger partial charge in [0.05, 0.1) is 0 Å². The number of aryl methyl sites for hydroxylation is 1. The summed E-state index contributed by atoms with van der Waals surface area (Å²) in [4.78, 5) is 0. The van der Waals surface area contributed by atoms with Crippen LogP contribution in [0.25, 0.3) is 0 Å². The average molecular weight is 319 g/mol. The first kappa shape index (κ1) is 29.0. The first-order valence-corrected chi connectivity index (χ1v) is 7.56. The highest BCUT2D eigenvalue weighted by molar-refractivity contribution is 5.46. The Morgan fingerprint density at radius 1 is 1.30 bits per heavy atom. The number of hydrogen-bond donors (Lipinski definition) is 2. The van der Waals surface area contributed by atoms with Crippen molar-refractivity contribution in [3.05, 3.63) is 72.5 Å². The number of allylic oxidation sites excluding steroid dienone is 3. The lowest BCUT2D eigenvalue weighted by Crippen LogP contribution is -1.97. The van der Waals surface area contributed by atoms with Crippen LogP contribution in [0, 0.1) is 12.3 Å². The molecule has 0 saturated heterocycles. The highest BCUT2D eigenvalue weighted by Gasteiger charge is 1.81. The van der Waals surface area contributed by atoms with E-state index in [0.29, 0.717) is 0 Å². The summed E-state index contributed by atoms with van der Waals surface area (Å²) in [5, 5.41) is 6.27. The van der Waals surface area contributed by atoms with Crippen LogP contribution < -0.4 is 5.73 Å². The van der Waals surface area contributed by atoms with E-state index in [0.717, 1.165) is 19.4 Å². The van der Waals surface area contributed by atoms with Gasteiger partial charge in [-0.15, -0.1) is 6.58 Å². The summed E-state index contributed by atoms with van der Waals surface area (Å²) in [5.41, 5.74) is 10.2. The van der Waals surface area contributed by atoms with Crippen molar-refractivity contribution < 1.29 is 1.43 Å². The summed E-state index contributed by atoms with van der Waals surface area (Å²) in [6.07, 6.45) is 5.22. The van der Waals surface area contributed by atoms with E-state index in [1.165, 1.54) is 17.2 Å². The molecule has 1 aromatic rings. The van der Waals surface area contributed by atoms with Crippen molar-refractivity contribution in [1.82, 2.24) is 0 Å². The normalized spacial score (nSPS) is 6.83. The van der Waals surface area contributed by atoms with Crippen LogP contribution in [-0.2, 0) is 0 Å². The van der Waals surface area contributed by atoms with E-state index >= 15 is 0 Å². The van der Waals surface area contributed by atoms with Gasteiger partial charge in [0, 0.05) is 7.30 Å². The minimum Gasteiger partial charge on any atom is -0.330 e. The van der Waals surface area contributed by atoms with Gasteiger partial charge in [0.15, 0.2) is 0 Å². The zero-order valence-electron chi connectivity index (χ0n) is 14.7. The fourth-order valence-electron chi connectivity index (χ4n) is 1.04. The molecule has 3 N–H and O–H groups in total. The Morgan fingerprint density at radius 3 is 2.00 bits per heavy atom. The summed E-state index contributed by atoms with van der Waals surface area (Å²) >= 11 is 0. The molecule has 23 heavy (non-hydrogen) atoms. The SMILES string of the molecule is C.C=C(C)CCCN.C=CC=C=C=N.CC.Cc1ccccc1.[HH]. The maximum Gasteiger partial charge on any atom is 0.0303 e. The van der Waals surface area contributed by atoms with Crippen molar-refractivity contribution in [2.24, 2.45) is 5.73 Å². The van der Waals surface area contributed by atoms with Crippen molar-refractivity contribution in [3.63, 3.8) is 0 Å². The molecular formula is C21H38N2. The largest absolute Gasteiger partial charge is 0.330 e. The van der Waals surface area contributed by atoms with Gasteiger partial charge in [0.2, 0.25) is 0 Å². The zero-order chi connectivity index (χ0) is 17.6. The van der Waals surface area contributed by atoms with Gasteiger partial charge in [-0.25, -0.2) is 0 Å². The van der Waals surface area contributed by atoms with E-state index in [2.05, 4.69) is 37.9 Å². The molecule has 0 fully saturated rings. The minimum atomic E-state index is 0. The number of hydrogen-bond acceptors (Lipinski definition) is 2. The number of rotatable bonds is 4. The van der Waals surface area contributed by atoms with Crippen molar-refractivity contribution in [3.8, 4) is 0 Å². The molecule has 0 aliphatic rings. The third-order valence-corrected chi connectivity index (χ3v) is 2.02. The molecular weight excluding hydrogens is 280 g/mol. The predicted molar refractivity (Wildman–Crippen MR) is 110 cm³/mol. The van der Waals surface area contributed by atoms with Gasteiger partial charge >= 0.3 is 0 Å². The van der Waals surface area contributed by atoms with Crippen LogP contribution in [0.5, 0.6) is 0 Å². The molecule has 0 bridgehead atoms. The highest BCUT2D eigenvalue weighted by Crippen LogP contribution is 1.96. The first-order valence-electron chi connectivity index (χ1n) is 7.56. The maximum absolute atomic E-state index is 6.27. The van der Waals surface area contributed by atoms with Crippen LogP contribution in [0.2, 0.25) is 0 Å². The van der Waals surface area contributed by atoms with E-state index in [-0.39, 0.29) is 8.85 Å². The molecule has 0 spiro atoms. The molecule has 1 aromatic carbocycles. The quantitative estimate of drug-likeness (QED) is 0.289. The number of benzene rings is 1. The summed E-state index contributed by atoms with van der Waals surface area (Å²) in [6.45, 7) is 16.0. The Morgan fingerprint density at radius 2 is 1.83 bits per heavy atom. The van der Waals surface area contributed by atoms with E-state index < -0.39 is 0 Å². The van der Waals surface area contributed by atoms with Crippen molar-refractivity contribution in [1.29, 1.82) is 5.41 Å². The molecule has 0 saturated carbocycles. The number of nitrogens with one attached hydrogen (secondary N) is 1. The Hall–Kier alpha value is -2.11. The second kappa shape index (κ2) is 28.1. The van der Waals surface area contributed by atoms with Gasteiger partial charge in [-0.3, -0.25) is 5.41 Å². The second-order valence-electron chi connectivity index (χ2n) is 4.18. The van der Waals surface area contributed by atoms with Crippen molar-refractivity contribution in [2.75, 3.05) is 6.54 Å². The van der Waals surface area contributed by atoms with Gasteiger partial charge in [0.1, 0.15) is 0 Å². The predicted octanol–water partition coefficient (Wildman–Crippen LogP) is 6.34. The molecule has 2 nitrogen and oxygen atoms in total. The van der Waals surface area contributed by atoms with Crippen molar-refractivity contribution in [2.45, 2.75) is 48.0 Å². The standard InChI is InChI=1S/C7H8.C6H13N.C5H5N.C2H6.CH4.H2/c1-7-5-3-2-4-6-7;1-6(2)4-3-5-7;1-2-3-4-5-6;1-2;;/h2-6H,1H3;1,3-5,7H2,2H3;2-3,6H,1H2;1-2H3;1H4;1H. The molecule has 0 aromatic heterocycles. The molecule has 0 amide bonds. The van der Waals surface area contributed by atoms with E-state index in [4.69, 9.17) is 11.1 Å². The van der Waals surface area contributed by atoms with Crippen LogP contribution in [-0.4, -0.2) is 12.4 Å². The fourth-order valence-corrected chi connectivity index (χ4v) is 1.04. The zero-order valence-corrected chi connectivity index (χ0v) is 14.7. The van der Waals surface area contributed by atoms with Gasteiger partial charge in [-0.2, -0.15) is 0 Å². The molecule has 132 valence electrons. The van der Waals surface area contributed by atoms with Gasteiger partial charge in [0.25, 0.3) is 0 Å². The Labute approximate surface area is 146 Å². The molecule has 0 aliphatic heterocycles. The van der Waals surface area contributed by atoms with Gasteiger partial charge in [-0.1, -0.05) is 81.1 Å². The van der Waals surface area contributed by atoms with E-state index in [1.807, 2.05) is 44.8 Å². The molecule has 0 radical (unpaired) electrons. The van der Waals surface area contributed by atoms with Crippen LogP contribution in [0.3, 0.4) is 0 Å². The maximum atomic E-state index is 6.27. The summed E-state index contributed by atoms with van der Waals surface area (Å²) in [7, 11) is 0. The van der Waals surface area contributed by atoms with Crippen LogP contribution >= 0.6 is 0 Å². The summed E-state index contributed by atoms with van der Waals surface area (Å²) in [5.74, 6) is 1.94. The lowest BCUT2D eigenvalue weighted by molar-refractivity contribution is 0.826. The molecule has 1 rings (SSSR count). The third kappa shape index (κ3) is 38.3. The lowest BCUT2D eigenvalue weighted by Gasteiger charge is -1.92. The second-order valence-corrected chi connectivity index (χ2v) is 4.18. The minimum absolute atomic E-state index is 0. The van der Waals surface area contributed by atoms with E-state index in [1.54, 1.807) is 6.08 Å². The molecule has 0 heterocycles. The Balaban J connectivity index is -0.0000000689. The fraction of sp³-hybridized carbons (Fsp3) is 0.381. The van der Waals surface area contributed by atoms with Gasteiger partial charge in [-0.05, 0) is 39.3 Å². The summed E-state index contributed by atoms with van der Waals surface area (Å²) in [6, 6.07) is 10.3. The molecule has 0 unspecified atom stereocenters. The first-order chi connectivity index (χ1) is 10.6.